The molecule has 0 amide bonds. The molecule has 0 spiro atoms. The zero-order chi connectivity index (χ0) is 14.6. The Morgan fingerprint density at radius 2 is 1.21 bits per heavy atom. The highest BCUT2D eigenvalue weighted by Crippen LogP contribution is 2.22. The van der Waals surface area contributed by atoms with E-state index in [1.54, 1.807) is 0 Å². The van der Waals surface area contributed by atoms with Gasteiger partial charge in [-0.05, 0) is 6.42 Å². The van der Waals surface area contributed by atoms with Crippen molar-refractivity contribution in [2.75, 3.05) is 0 Å². The van der Waals surface area contributed by atoms with Crippen LogP contribution in [0.4, 0.5) is 13.2 Å². The minimum atomic E-state index is -4.11. The Morgan fingerprint density at radius 3 is 1.63 bits per heavy atom. The van der Waals surface area contributed by atoms with E-state index in [9.17, 15) is 13.2 Å². The van der Waals surface area contributed by atoms with Gasteiger partial charge in [-0.3, -0.25) is 0 Å². The Morgan fingerprint density at radius 1 is 0.789 bits per heavy atom. The van der Waals surface area contributed by atoms with Gasteiger partial charge in [-0.1, -0.05) is 71.1 Å². The molecule has 0 aromatic carbocycles. The molecular formula is C15H30F3N. The fraction of sp³-hybridized carbons (Fsp3) is 1.00. The molecule has 0 rings (SSSR count). The van der Waals surface area contributed by atoms with Gasteiger partial charge >= 0.3 is 6.18 Å². The summed E-state index contributed by atoms with van der Waals surface area (Å²) in [6, 6.07) is -0.714. The summed E-state index contributed by atoms with van der Waals surface area (Å²) in [6.07, 6.45) is 7.55. The quantitative estimate of drug-likeness (QED) is 0.464. The molecule has 0 aliphatic heterocycles. The molecule has 1 atom stereocenters. The molecule has 0 aromatic heterocycles. The molecule has 0 aliphatic carbocycles. The highest BCUT2D eigenvalue weighted by atomic mass is 19.4. The van der Waals surface area contributed by atoms with Gasteiger partial charge in [0.1, 0.15) is 0 Å². The summed E-state index contributed by atoms with van der Waals surface area (Å²) < 4.78 is 36.1. The van der Waals surface area contributed by atoms with Crippen molar-refractivity contribution >= 4 is 0 Å². The zero-order valence-electron chi connectivity index (χ0n) is 12.3. The highest BCUT2D eigenvalue weighted by Gasteiger charge is 2.29. The van der Waals surface area contributed by atoms with Crippen LogP contribution in [0.3, 0.4) is 0 Å². The van der Waals surface area contributed by atoms with E-state index in [4.69, 9.17) is 5.73 Å². The first kappa shape index (κ1) is 18.8. The third-order valence-electron chi connectivity index (χ3n) is 3.42. The van der Waals surface area contributed by atoms with Gasteiger partial charge in [0.25, 0.3) is 0 Å². The predicted octanol–water partition coefficient (Wildman–Crippen LogP) is 5.58. The molecule has 0 radical (unpaired) electrons. The van der Waals surface area contributed by atoms with E-state index in [1.807, 2.05) is 0 Å². The topological polar surface area (TPSA) is 26.0 Å². The molecule has 0 heterocycles. The second kappa shape index (κ2) is 11.6. The van der Waals surface area contributed by atoms with Crippen molar-refractivity contribution in [1.82, 2.24) is 0 Å². The maximum absolute atomic E-state index is 12.0. The van der Waals surface area contributed by atoms with E-state index in [0.29, 0.717) is 6.42 Å². The van der Waals surface area contributed by atoms with E-state index < -0.39 is 18.6 Å². The van der Waals surface area contributed by atoms with Crippen LogP contribution < -0.4 is 5.73 Å². The van der Waals surface area contributed by atoms with Crippen LogP contribution in [0.5, 0.6) is 0 Å². The minimum Gasteiger partial charge on any atom is -0.327 e. The number of nitrogens with two attached hydrogens (primary N) is 1. The van der Waals surface area contributed by atoms with Gasteiger partial charge in [-0.25, -0.2) is 0 Å². The smallest absolute Gasteiger partial charge is 0.327 e. The van der Waals surface area contributed by atoms with Crippen LogP contribution >= 0.6 is 0 Å². The van der Waals surface area contributed by atoms with Crippen molar-refractivity contribution in [3.05, 3.63) is 0 Å². The van der Waals surface area contributed by atoms with E-state index in [-0.39, 0.29) is 0 Å². The SMILES string of the molecule is CCCCCCCCCCCCC(N)CC(F)(F)F. The lowest BCUT2D eigenvalue weighted by atomic mass is 10.0. The molecule has 19 heavy (non-hydrogen) atoms. The van der Waals surface area contributed by atoms with E-state index >= 15 is 0 Å². The molecule has 0 bridgehead atoms. The first-order valence-electron chi connectivity index (χ1n) is 7.78. The number of unbranched alkanes of at least 4 members (excludes halogenated alkanes) is 9. The second-order valence-electron chi connectivity index (χ2n) is 5.55. The molecule has 116 valence electrons. The molecule has 1 unspecified atom stereocenters. The number of hydrogen-bond acceptors (Lipinski definition) is 1. The lowest BCUT2D eigenvalue weighted by Crippen LogP contribution is -2.27. The summed E-state index contributed by atoms with van der Waals surface area (Å²) in [4.78, 5) is 0. The fourth-order valence-electron chi connectivity index (χ4n) is 2.29. The van der Waals surface area contributed by atoms with Crippen LogP contribution in [-0.2, 0) is 0 Å². The molecule has 0 fully saturated rings. The fourth-order valence-corrected chi connectivity index (χ4v) is 2.29. The van der Waals surface area contributed by atoms with Crippen LogP contribution in [0.1, 0.15) is 84.0 Å². The summed E-state index contributed by atoms with van der Waals surface area (Å²) in [5, 5.41) is 0. The molecule has 0 saturated heterocycles. The Kier molecular flexibility index (Phi) is 11.4. The molecule has 2 N–H and O–H groups in total. The predicted molar refractivity (Wildman–Crippen MR) is 75.1 cm³/mol. The van der Waals surface area contributed by atoms with Crippen LogP contribution in [0, 0.1) is 0 Å². The second-order valence-corrected chi connectivity index (χ2v) is 5.55. The van der Waals surface area contributed by atoms with E-state index in [0.717, 1.165) is 19.3 Å². The third kappa shape index (κ3) is 15.7. The summed E-state index contributed by atoms with van der Waals surface area (Å²) in [6.45, 7) is 2.21. The van der Waals surface area contributed by atoms with Gasteiger partial charge in [0.05, 0.1) is 6.42 Å². The van der Waals surface area contributed by atoms with Gasteiger partial charge in [0.15, 0.2) is 0 Å². The molecular weight excluding hydrogens is 251 g/mol. The van der Waals surface area contributed by atoms with Crippen molar-refractivity contribution in [3.8, 4) is 0 Å². The van der Waals surface area contributed by atoms with Crippen LogP contribution in [0.2, 0.25) is 0 Å². The van der Waals surface area contributed by atoms with Gasteiger partial charge in [-0.15, -0.1) is 0 Å². The van der Waals surface area contributed by atoms with Crippen LogP contribution in [0.15, 0.2) is 0 Å². The first-order chi connectivity index (χ1) is 8.95. The Hall–Kier alpha value is -0.250. The normalized spacial score (nSPS) is 13.7. The molecule has 0 saturated carbocycles. The molecule has 4 heteroatoms. The molecule has 0 aliphatic rings. The van der Waals surface area contributed by atoms with Crippen molar-refractivity contribution in [1.29, 1.82) is 0 Å². The highest BCUT2D eigenvalue weighted by molar-refractivity contribution is 4.66. The third-order valence-corrected chi connectivity index (χ3v) is 3.42. The number of halogens is 3. The van der Waals surface area contributed by atoms with E-state index in [1.165, 1.54) is 44.9 Å². The summed E-state index contributed by atoms with van der Waals surface area (Å²) in [5.74, 6) is 0. The van der Waals surface area contributed by atoms with Crippen molar-refractivity contribution in [2.24, 2.45) is 5.73 Å². The van der Waals surface area contributed by atoms with Crippen molar-refractivity contribution in [2.45, 2.75) is 96.2 Å². The monoisotopic (exact) mass is 281 g/mol. The standard InChI is InChI=1S/C15H30F3N/c1-2-3-4-5-6-7-8-9-10-11-12-14(19)13-15(16,17)18/h14H,2-13,19H2,1H3. The zero-order valence-corrected chi connectivity index (χ0v) is 12.3. The first-order valence-corrected chi connectivity index (χ1v) is 7.78. The number of hydrogen-bond donors (Lipinski definition) is 1. The summed E-state index contributed by atoms with van der Waals surface area (Å²) in [7, 11) is 0. The largest absolute Gasteiger partial charge is 0.390 e. The number of alkyl halides is 3. The minimum absolute atomic E-state index is 0.496. The lowest BCUT2D eigenvalue weighted by molar-refractivity contribution is -0.138. The Bertz CT molecular complexity index is 192. The van der Waals surface area contributed by atoms with E-state index in [2.05, 4.69) is 6.92 Å². The number of rotatable bonds is 12. The van der Waals surface area contributed by atoms with Crippen LogP contribution in [-0.4, -0.2) is 12.2 Å². The summed E-state index contributed by atoms with van der Waals surface area (Å²) >= 11 is 0. The average Bonchev–Trinajstić information content (AvgIpc) is 2.29. The Labute approximate surface area is 116 Å². The van der Waals surface area contributed by atoms with Gasteiger partial charge < -0.3 is 5.73 Å². The van der Waals surface area contributed by atoms with Gasteiger partial charge in [0.2, 0.25) is 0 Å². The maximum atomic E-state index is 12.0. The van der Waals surface area contributed by atoms with Gasteiger partial charge in [-0.2, -0.15) is 13.2 Å². The summed E-state index contributed by atoms with van der Waals surface area (Å²) in [5.41, 5.74) is 5.45. The molecule has 1 nitrogen and oxygen atoms in total. The Balaban J connectivity index is 3.18. The lowest BCUT2D eigenvalue weighted by Gasteiger charge is -2.13. The van der Waals surface area contributed by atoms with Crippen molar-refractivity contribution in [3.63, 3.8) is 0 Å². The van der Waals surface area contributed by atoms with Gasteiger partial charge in [0, 0.05) is 6.04 Å². The van der Waals surface area contributed by atoms with Crippen LogP contribution in [0.25, 0.3) is 0 Å². The average molecular weight is 281 g/mol. The maximum Gasteiger partial charge on any atom is 0.390 e. The molecule has 0 aromatic rings. The van der Waals surface area contributed by atoms with Crippen molar-refractivity contribution < 1.29 is 13.2 Å².